The smallest absolute Gasteiger partial charge is 0.306 e. The third kappa shape index (κ3) is 11.4. The SMILES string of the molecule is CCC(C(=O)Cc1ccc2cnccc2c1)c1ccc(COC(=O)CCC/C=C\CC2[C@@H](CC[C@@H](O)CCc3ccccc3)[C@H](O)C[C@@H]2O)cc1. The number of hydrogen-bond donors (Lipinski definition) is 3. The fraction of sp³-hybridized carbons (Fsp3) is 0.432. The Morgan fingerprint density at radius 2 is 1.65 bits per heavy atom. The molecule has 1 heterocycles. The number of ketones is 1. The number of nitrogens with zero attached hydrogens (tertiary/aromatic N) is 1. The normalized spacial score (nSPS) is 20.1. The molecule has 1 saturated carbocycles. The van der Waals surface area contributed by atoms with Crippen LogP contribution >= 0.6 is 0 Å². The number of rotatable bonds is 19. The van der Waals surface area contributed by atoms with E-state index in [0.29, 0.717) is 57.8 Å². The molecule has 0 aliphatic heterocycles. The van der Waals surface area contributed by atoms with E-state index in [-0.39, 0.29) is 36.1 Å². The summed E-state index contributed by atoms with van der Waals surface area (Å²) in [5.74, 6) is -0.343. The van der Waals surface area contributed by atoms with E-state index in [2.05, 4.69) is 23.2 Å². The summed E-state index contributed by atoms with van der Waals surface area (Å²) in [5, 5.41) is 33.9. The maximum Gasteiger partial charge on any atom is 0.306 e. The molecule has 1 aromatic heterocycles. The van der Waals surface area contributed by atoms with Crippen molar-refractivity contribution < 1.29 is 29.6 Å². The molecule has 1 aliphatic carbocycles. The van der Waals surface area contributed by atoms with E-state index in [1.807, 2.05) is 85.9 Å². The largest absolute Gasteiger partial charge is 0.461 e. The summed E-state index contributed by atoms with van der Waals surface area (Å²) in [5.41, 5.74) is 4.05. The first-order chi connectivity index (χ1) is 24.8. The van der Waals surface area contributed by atoms with E-state index < -0.39 is 18.3 Å². The van der Waals surface area contributed by atoms with Crippen molar-refractivity contribution in [2.45, 2.75) is 108 Å². The van der Waals surface area contributed by atoms with Crippen LogP contribution in [0.15, 0.2) is 103 Å². The van der Waals surface area contributed by atoms with Crippen molar-refractivity contribution >= 4 is 22.5 Å². The van der Waals surface area contributed by atoms with E-state index in [1.54, 1.807) is 6.20 Å². The number of Topliss-reactive ketones (excluding diaryl/α,β-unsaturated/α-hetero) is 1. The number of allylic oxidation sites excluding steroid dienone is 2. The van der Waals surface area contributed by atoms with E-state index in [0.717, 1.165) is 40.3 Å². The van der Waals surface area contributed by atoms with E-state index in [9.17, 15) is 24.9 Å². The molecular formula is C44H53NO6. The highest BCUT2D eigenvalue weighted by Crippen LogP contribution is 2.38. The first-order valence-corrected chi connectivity index (χ1v) is 18.6. The van der Waals surface area contributed by atoms with Crippen LogP contribution in [0.1, 0.15) is 92.9 Å². The van der Waals surface area contributed by atoms with Gasteiger partial charge in [-0.2, -0.15) is 0 Å². The molecule has 6 atom stereocenters. The highest BCUT2D eigenvalue weighted by atomic mass is 16.5. The zero-order valence-electron chi connectivity index (χ0n) is 29.8. The molecule has 7 heteroatoms. The Hall–Kier alpha value is -4.17. The number of fused-ring (bicyclic) bond motifs is 1. The number of carbonyl (C=O) groups excluding carboxylic acids is 2. The minimum absolute atomic E-state index is 0.0396. The highest BCUT2D eigenvalue weighted by molar-refractivity contribution is 5.89. The number of benzene rings is 3. The highest BCUT2D eigenvalue weighted by Gasteiger charge is 2.40. The van der Waals surface area contributed by atoms with Gasteiger partial charge >= 0.3 is 5.97 Å². The molecule has 270 valence electrons. The van der Waals surface area contributed by atoms with Crippen LogP contribution in [0.4, 0.5) is 0 Å². The Bertz CT molecular complexity index is 1700. The number of carbonyl (C=O) groups is 2. The summed E-state index contributed by atoms with van der Waals surface area (Å²) >= 11 is 0. The molecule has 7 nitrogen and oxygen atoms in total. The molecule has 3 aromatic carbocycles. The summed E-state index contributed by atoms with van der Waals surface area (Å²) in [4.78, 5) is 29.8. The van der Waals surface area contributed by atoms with Gasteiger partial charge in [0.15, 0.2) is 0 Å². The molecule has 5 rings (SSSR count). The molecule has 0 saturated heterocycles. The second kappa shape index (κ2) is 19.4. The van der Waals surface area contributed by atoms with Crippen LogP contribution in [0.2, 0.25) is 0 Å². The molecule has 51 heavy (non-hydrogen) atoms. The number of esters is 1. The van der Waals surface area contributed by atoms with Gasteiger partial charge in [-0.05, 0) is 103 Å². The molecule has 1 aliphatic rings. The van der Waals surface area contributed by atoms with Crippen molar-refractivity contribution in [3.63, 3.8) is 0 Å². The number of unbranched alkanes of at least 4 members (excludes halogenated alkanes) is 1. The van der Waals surface area contributed by atoms with Gasteiger partial charge in [0.1, 0.15) is 12.4 Å². The fourth-order valence-electron chi connectivity index (χ4n) is 7.45. The molecule has 4 aromatic rings. The molecule has 0 amide bonds. The second-order valence-electron chi connectivity index (χ2n) is 14.1. The first-order valence-electron chi connectivity index (χ1n) is 18.6. The Kier molecular flexibility index (Phi) is 14.5. The van der Waals surface area contributed by atoms with Crippen LogP contribution < -0.4 is 0 Å². The monoisotopic (exact) mass is 691 g/mol. The van der Waals surface area contributed by atoms with Crippen LogP contribution in [0.5, 0.6) is 0 Å². The fourth-order valence-corrected chi connectivity index (χ4v) is 7.45. The summed E-state index contributed by atoms with van der Waals surface area (Å²) in [6.45, 7) is 2.22. The molecule has 0 radical (unpaired) electrons. The molecule has 2 unspecified atom stereocenters. The topological polar surface area (TPSA) is 117 Å². The lowest BCUT2D eigenvalue weighted by atomic mass is 9.85. The molecule has 3 N–H and O–H groups in total. The summed E-state index contributed by atoms with van der Waals surface area (Å²) in [6, 6.07) is 25.9. The van der Waals surface area contributed by atoms with Gasteiger partial charge in [-0.3, -0.25) is 14.6 Å². The lowest BCUT2D eigenvalue weighted by Crippen LogP contribution is -2.23. The summed E-state index contributed by atoms with van der Waals surface area (Å²) in [7, 11) is 0. The number of aliphatic hydroxyl groups excluding tert-OH is 3. The lowest BCUT2D eigenvalue weighted by Gasteiger charge is -2.23. The summed E-state index contributed by atoms with van der Waals surface area (Å²) in [6.07, 6.45) is 12.7. The quantitative estimate of drug-likeness (QED) is 0.0521. The zero-order valence-corrected chi connectivity index (χ0v) is 29.8. The van der Waals surface area contributed by atoms with Gasteiger partial charge < -0.3 is 20.1 Å². The van der Waals surface area contributed by atoms with Gasteiger partial charge in [-0.25, -0.2) is 0 Å². The summed E-state index contributed by atoms with van der Waals surface area (Å²) < 4.78 is 5.52. The Morgan fingerprint density at radius 1 is 0.882 bits per heavy atom. The predicted octanol–water partition coefficient (Wildman–Crippen LogP) is 7.83. The third-order valence-corrected chi connectivity index (χ3v) is 10.5. The van der Waals surface area contributed by atoms with E-state index in [1.165, 1.54) is 5.56 Å². The zero-order chi connectivity index (χ0) is 36.0. The third-order valence-electron chi connectivity index (χ3n) is 10.5. The second-order valence-corrected chi connectivity index (χ2v) is 14.1. The maximum atomic E-state index is 13.2. The van der Waals surface area contributed by atoms with Crippen molar-refractivity contribution in [3.8, 4) is 0 Å². The van der Waals surface area contributed by atoms with Gasteiger partial charge in [0, 0.05) is 36.5 Å². The van der Waals surface area contributed by atoms with Crippen LogP contribution in [-0.4, -0.2) is 50.4 Å². The average molecular weight is 692 g/mol. The van der Waals surface area contributed by atoms with Crippen molar-refractivity contribution in [3.05, 3.63) is 126 Å². The van der Waals surface area contributed by atoms with Crippen LogP contribution in [0, 0.1) is 11.8 Å². The van der Waals surface area contributed by atoms with Gasteiger partial charge in [0.2, 0.25) is 0 Å². The molecule has 0 spiro atoms. The number of ether oxygens (including phenoxy) is 1. The lowest BCUT2D eigenvalue weighted by molar-refractivity contribution is -0.145. The predicted molar refractivity (Wildman–Crippen MR) is 201 cm³/mol. The molecule has 0 bridgehead atoms. The van der Waals surface area contributed by atoms with Crippen LogP contribution in [-0.2, 0) is 33.8 Å². The number of hydrogen-bond acceptors (Lipinski definition) is 7. The Balaban J connectivity index is 0.983. The molecular weight excluding hydrogens is 638 g/mol. The Morgan fingerprint density at radius 3 is 2.43 bits per heavy atom. The van der Waals surface area contributed by atoms with Crippen molar-refractivity contribution in [2.24, 2.45) is 11.8 Å². The Labute approximate surface area is 302 Å². The van der Waals surface area contributed by atoms with Crippen molar-refractivity contribution in [1.29, 1.82) is 0 Å². The number of aryl methyl sites for hydroxylation is 1. The number of aliphatic hydroxyl groups is 3. The van der Waals surface area contributed by atoms with Crippen LogP contribution in [0.3, 0.4) is 0 Å². The standard InChI is InChI=1S/C44H53NO6/c1-2-38(41(47)27-33-16-20-36-29-45-25-24-35(36)26-33)34-18-14-32(15-19-34)30-51-44(50)13-9-4-3-8-12-39-40(43(49)28-42(39)48)23-22-37(46)21-17-31-10-6-5-7-11-31/h3,5-8,10-11,14-16,18-20,24-26,29,37-40,42-43,46,48-49H,2,4,9,12-13,17,21-23,27-28,30H2,1H3/b8-3-/t37-,38?,39?,40+,42-,43+/m0/s1. The van der Waals surface area contributed by atoms with Crippen molar-refractivity contribution in [2.75, 3.05) is 0 Å². The number of aromatic nitrogens is 1. The van der Waals surface area contributed by atoms with Gasteiger partial charge in [-0.1, -0.05) is 91.9 Å². The first kappa shape index (κ1) is 38.1. The van der Waals surface area contributed by atoms with Crippen molar-refractivity contribution in [1.82, 2.24) is 4.98 Å². The number of pyridine rings is 1. The minimum atomic E-state index is -0.555. The maximum absolute atomic E-state index is 13.2. The van der Waals surface area contributed by atoms with Gasteiger partial charge in [0.05, 0.1) is 18.3 Å². The minimum Gasteiger partial charge on any atom is -0.461 e. The van der Waals surface area contributed by atoms with Crippen LogP contribution in [0.25, 0.3) is 10.8 Å². The molecule has 1 fully saturated rings. The van der Waals surface area contributed by atoms with E-state index in [4.69, 9.17) is 4.74 Å². The average Bonchev–Trinajstić information content (AvgIpc) is 3.42. The van der Waals surface area contributed by atoms with E-state index >= 15 is 0 Å². The van der Waals surface area contributed by atoms with Gasteiger partial charge in [0.25, 0.3) is 0 Å². The van der Waals surface area contributed by atoms with Gasteiger partial charge in [-0.15, -0.1) is 0 Å².